The van der Waals surface area contributed by atoms with Gasteiger partial charge in [-0.25, -0.2) is 9.97 Å². The van der Waals surface area contributed by atoms with E-state index in [0.29, 0.717) is 21.8 Å². The molecule has 0 spiro atoms. The van der Waals surface area contributed by atoms with Crippen molar-refractivity contribution in [1.82, 2.24) is 15.3 Å². The summed E-state index contributed by atoms with van der Waals surface area (Å²) in [4.78, 5) is 19.6. The van der Waals surface area contributed by atoms with Crippen LogP contribution in [0, 0.1) is 0 Å². The average molecular weight is 282 g/mol. The normalized spacial score (nSPS) is 10.2. The lowest BCUT2D eigenvalue weighted by Gasteiger charge is -2.08. The maximum atomic E-state index is 11.8. The zero-order chi connectivity index (χ0) is 13.1. The first-order chi connectivity index (χ1) is 8.63. The quantitative estimate of drug-likeness (QED) is 0.862. The van der Waals surface area contributed by atoms with E-state index in [1.54, 1.807) is 31.3 Å². The first-order valence-corrected chi connectivity index (χ1v) is 5.88. The minimum atomic E-state index is -0.212. The zero-order valence-electron chi connectivity index (χ0n) is 9.45. The molecule has 0 aliphatic carbocycles. The summed E-state index contributed by atoms with van der Waals surface area (Å²) in [5.74, 6) is -0.212. The third kappa shape index (κ3) is 2.44. The van der Waals surface area contributed by atoms with Crippen molar-refractivity contribution in [2.24, 2.45) is 0 Å². The van der Waals surface area contributed by atoms with Crippen LogP contribution in [0.5, 0.6) is 0 Å². The van der Waals surface area contributed by atoms with E-state index >= 15 is 0 Å². The van der Waals surface area contributed by atoms with Crippen LogP contribution in [-0.4, -0.2) is 22.9 Å². The standard InChI is InChI=1S/C12H9Cl2N3O/c1-15-11(18)8-5-3-2-4-7(8)10-9(13)6-16-12(14)17-10/h2-6H,1H3,(H,15,18). The van der Waals surface area contributed by atoms with Crippen LogP contribution in [0.15, 0.2) is 30.5 Å². The molecule has 6 heteroatoms. The molecule has 1 aromatic carbocycles. The van der Waals surface area contributed by atoms with Gasteiger partial charge in [0.2, 0.25) is 5.28 Å². The van der Waals surface area contributed by atoms with Gasteiger partial charge in [0.05, 0.1) is 16.9 Å². The molecule has 2 rings (SSSR count). The topological polar surface area (TPSA) is 54.9 Å². The van der Waals surface area contributed by atoms with Gasteiger partial charge in [0.25, 0.3) is 5.91 Å². The third-order valence-electron chi connectivity index (χ3n) is 2.37. The maximum Gasteiger partial charge on any atom is 0.251 e. The minimum absolute atomic E-state index is 0.0844. The third-order valence-corrected chi connectivity index (χ3v) is 2.83. The number of carbonyl (C=O) groups is 1. The number of hydrogen-bond donors (Lipinski definition) is 1. The lowest BCUT2D eigenvalue weighted by atomic mass is 10.0. The Morgan fingerprint density at radius 2 is 2.00 bits per heavy atom. The SMILES string of the molecule is CNC(=O)c1ccccc1-c1nc(Cl)ncc1Cl. The summed E-state index contributed by atoms with van der Waals surface area (Å²) in [7, 11) is 1.56. The highest BCUT2D eigenvalue weighted by Crippen LogP contribution is 2.28. The Bertz CT molecular complexity index is 602. The Balaban J connectivity index is 2.64. The van der Waals surface area contributed by atoms with E-state index in [-0.39, 0.29) is 11.2 Å². The van der Waals surface area contributed by atoms with Gasteiger partial charge in [-0.3, -0.25) is 4.79 Å². The molecular weight excluding hydrogens is 273 g/mol. The summed E-state index contributed by atoms with van der Waals surface area (Å²) >= 11 is 11.8. The molecule has 0 aliphatic heterocycles. The highest BCUT2D eigenvalue weighted by Gasteiger charge is 2.15. The lowest BCUT2D eigenvalue weighted by Crippen LogP contribution is -2.18. The van der Waals surface area contributed by atoms with Crippen molar-refractivity contribution in [2.45, 2.75) is 0 Å². The molecule has 0 fully saturated rings. The number of aromatic nitrogens is 2. The van der Waals surface area contributed by atoms with Crippen LogP contribution < -0.4 is 5.32 Å². The first-order valence-electron chi connectivity index (χ1n) is 5.13. The molecule has 1 amide bonds. The first kappa shape index (κ1) is 12.8. The molecular formula is C12H9Cl2N3O. The predicted octanol–water partition coefficient (Wildman–Crippen LogP) is 2.81. The number of amides is 1. The number of benzene rings is 1. The fourth-order valence-electron chi connectivity index (χ4n) is 1.56. The molecule has 0 radical (unpaired) electrons. The van der Waals surface area contributed by atoms with Crippen LogP contribution in [0.3, 0.4) is 0 Å². The number of hydrogen-bond acceptors (Lipinski definition) is 3. The zero-order valence-corrected chi connectivity index (χ0v) is 11.0. The Labute approximate surface area is 114 Å². The van der Waals surface area contributed by atoms with Gasteiger partial charge in [-0.1, -0.05) is 29.8 Å². The maximum absolute atomic E-state index is 11.8. The Morgan fingerprint density at radius 1 is 1.28 bits per heavy atom. The summed E-state index contributed by atoms with van der Waals surface area (Å²) in [6, 6.07) is 7.02. The van der Waals surface area contributed by atoms with Crippen molar-refractivity contribution in [1.29, 1.82) is 0 Å². The van der Waals surface area contributed by atoms with Crippen LogP contribution >= 0.6 is 23.2 Å². The van der Waals surface area contributed by atoms with Crippen LogP contribution in [0.2, 0.25) is 10.3 Å². The monoisotopic (exact) mass is 281 g/mol. The second-order valence-electron chi connectivity index (χ2n) is 3.46. The Kier molecular flexibility index (Phi) is 3.79. The number of carbonyl (C=O) groups excluding carboxylic acids is 1. The summed E-state index contributed by atoms with van der Waals surface area (Å²) in [5.41, 5.74) is 1.54. The van der Waals surface area contributed by atoms with Crippen molar-refractivity contribution in [3.63, 3.8) is 0 Å². The molecule has 1 heterocycles. The highest BCUT2D eigenvalue weighted by molar-refractivity contribution is 6.34. The van der Waals surface area contributed by atoms with Crippen molar-refractivity contribution in [3.05, 3.63) is 46.3 Å². The fourth-order valence-corrected chi connectivity index (χ4v) is 1.88. The van der Waals surface area contributed by atoms with Crippen molar-refractivity contribution < 1.29 is 4.79 Å². The van der Waals surface area contributed by atoms with Gasteiger partial charge in [-0.15, -0.1) is 0 Å². The molecule has 0 atom stereocenters. The molecule has 18 heavy (non-hydrogen) atoms. The van der Waals surface area contributed by atoms with Crippen molar-refractivity contribution in [3.8, 4) is 11.3 Å². The summed E-state index contributed by atoms with van der Waals surface area (Å²) in [6.45, 7) is 0. The number of halogens is 2. The molecule has 2 aromatic rings. The molecule has 1 aromatic heterocycles. The van der Waals surface area contributed by atoms with Crippen LogP contribution in [0.25, 0.3) is 11.3 Å². The van der Waals surface area contributed by atoms with Crippen LogP contribution in [0.4, 0.5) is 0 Å². The van der Waals surface area contributed by atoms with Gasteiger partial charge in [0, 0.05) is 18.2 Å². The average Bonchev–Trinajstić information content (AvgIpc) is 2.40. The van der Waals surface area contributed by atoms with Gasteiger partial charge in [-0.05, 0) is 17.7 Å². The van der Waals surface area contributed by atoms with Crippen molar-refractivity contribution >= 4 is 29.1 Å². The molecule has 0 saturated heterocycles. The summed E-state index contributed by atoms with van der Waals surface area (Å²) in [5, 5.41) is 2.99. The number of nitrogens with one attached hydrogen (secondary N) is 1. The van der Waals surface area contributed by atoms with Crippen LogP contribution in [0.1, 0.15) is 10.4 Å². The molecule has 92 valence electrons. The van der Waals surface area contributed by atoms with E-state index < -0.39 is 0 Å². The lowest BCUT2D eigenvalue weighted by molar-refractivity contribution is 0.0963. The number of rotatable bonds is 2. The Morgan fingerprint density at radius 3 is 2.72 bits per heavy atom. The van der Waals surface area contributed by atoms with E-state index in [1.165, 1.54) is 6.20 Å². The highest BCUT2D eigenvalue weighted by atomic mass is 35.5. The van der Waals surface area contributed by atoms with E-state index in [1.807, 2.05) is 0 Å². The summed E-state index contributed by atoms with van der Waals surface area (Å²) < 4.78 is 0. The van der Waals surface area contributed by atoms with Gasteiger partial charge in [-0.2, -0.15) is 0 Å². The molecule has 0 saturated carbocycles. The fraction of sp³-hybridized carbons (Fsp3) is 0.0833. The van der Waals surface area contributed by atoms with Gasteiger partial charge in [0.1, 0.15) is 0 Å². The largest absolute Gasteiger partial charge is 0.355 e. The van der Waals surface area contributed by atoms with Gasteiger partial charge in [0.15, 0.2) is 0 Å². The van der Waals surface area contributed by atoms with Crippen molar-refractivity contribution in [2.75, 3.05) is 7.05 Å². The molecule has 4 nitrogen and oxygen atoms in total. The van der Waals surface area contributed by atoms with E-state index in [2.05, 4.69) is 15.3 Å². The molecule has 1 N–H and O–H groups in total. The smallest absolute Gasteiger partial charge is 0.251 e. The second-order valence-corrected chi connectivity index (χ2v) is 4.21. The van der Waals surface area contributed by atoms with E-state index in [4.69, 9.17) is 23.2 Å². The number of nitrogens with zero attached hydrogens (tertiary/aromatic N) is 2. The van der Waals surface area contributed by atoms with E-state index in [9.17, 15) is 4.79 Å². The predicted molar refractivity (Wildman–Crippen MR) is 70.9 cm³/mol. The molecule has 0 bridgehead atoms. The van der Waals surface area contributed by atoms with Gasteiger partial charge < -0.3 is 5.32 Å². The summed E-state index contributed by atoms with van der Waals surface area (Å²) in [6.07, 6.45) is 1.41. The van der Waals surface area contributed by atoms with Gasteiger partial charge >= 0.3 is 0 Å². The Hall–Kier alpha value is -1.65. The minimum Gasteiger partial charge on any atom is -0.355 e. The molecule has 0 aliphatic rings. The second kappa shape index (κ2) is 5.33. The molecule has 0 unspecified atom stereocenters. The van der Waals surface area contributed by atoms with Crippen LogP contribution in [-0.2, 0) is 0 Å². The van der Waals surface area contributed by atoms with E-state index in [0.717, 1.165) is 0 Å².